The molecule has 0 amide bonds. The Morgan fingerprint density at radius 1 is 1.47 bits per heavy atom. The molecule has 1 unspecified atom stereocenters. The molecule has 0 aromatic carbocycles. The minimum absolute atomic E-state index is 0.287. The Morgan fingerprint density at radius 3 is 2.95 bits per heavy atom. The van der Waals surface area contributed by atoms with Crippen LogP contribution in [0.5, 0.6) is 0 Å². The number of nitrogens with zero attached hydrogens (tertiary/aromatic N) is 4. The van der Waals surface area contributed by atoms with Gasteiger partial charge in [-0.25, -0.2) is 0 Å². The number of fused-ring (bicyclic) bond motifs is 1. The van der Waals surface area contributed by atoms with E-state index in [1.165, 1.54) is 25.6 Å². The van der Waals surface area contributed by atoms with Crippen molar-refractivity contribution >= 4 is 23.2 Å². The Morgan fingerprint density at radius 2 is 2.26 bits per heavy atom. The fourth-order valence-corrected chi connectivity index (χ4v) is 2.99. The lowest BCUT2D eigenvalue weighted by atomic mass is 9.87. The van der Waals surface area contributed by atoms with Gasteiger partial charge in [0.2, 0.25) is 0 Å². The molecule has 0 aliphatic heterocycles. The second-order valence-electron chi connectivity index (χ2n) is 5.93. The molecular formula is C13H18ClN5. The van der Waals surface area contributed by atoms with E-state index in [0.717, 1.165) is 11.4 Å². The van der Waals surface area contributed by atoms with Crippen LogP contribution in [0, 0.1) is 12.3 Å². The van der Waals surface area contributed by atoms with Crippen molar-refractivity contribution in [2.45, 2.75) is 46.1 Å². The molecule has 3 rings (SSSR count). The predicted molar refractivity (Wildman–Crippen MR) is 75.6 cm³/mol. The molecule has 2 aromatic heterocycles. The van der Waals surface area contributed by atoms with Crippen molar-refractivity contribution in [2.75, 3.05) is 5.32 Å². The van der Waals surface area contributed by atoms with E-state index in [1.807, 2.05) is 6.92 Å². The van der Waals surface area contributed by atoms with Gasteiger partial charge in [0.25, 0.3) is 5.78 Å². The molecule has 0 saturated heterocycles. The van der Waals surface area contributed by atoms with Gasteiger partial charge in [-0.15, -0.1) is 0 Å². The first-order chi connectivity index (χ1) is 8.99. The number of halogens is 1. The van der Waals surface area contributed by atoms with Crippen LogP contribution in [0.4, 0.5) is 5.82 Å². The van der Waals surface area contributed by atoms with Crippen molar-refractivity contribution in [3.63, 3.8) is 0 Å². The number of hydrogen-bond donors (Lipinski definition) is 1. The number of nitrogens with one attached hydrogen (secondary N) is 1. The lowest BCUT2D eigenvalue weighted by Gasteiger charge is -2.29. The zero-order chi connectivity index (χ0) is 13.6. The van der Waals surface area contributed by atoms with E-state index in [0.29, 0.717) is 17.0 Å². The summed E-state index contributed by atoms with van der Waals surface area (Å²) in [6.45, 7) is 6.56. The molecule has 1 aliphatic carbocycles. The van der Waals surface area contributed by atoms with Crippen molar-refractivity contribution in [3.05, 3.63) is 17.0 Å². The van der Waals surface area contributed by atoms with Crippen molar-refractivity contribution in [1.82, 2.24) is 19.6 Å². The Hall–Kier alpha value is -1.36. The van der Waals surface area contributed by atoms with E-state index < -0.39 is 0 Å². The summed E-state index contributed by atoms with van der Waals surface area (Å²) in [5.74, 6) is 1.45. The van der Waals surface area contributed by atoms with Crippen LogP contribution in [0.1, 0.15) is 38.7 Å². The molecule has 102 valence electrons. The molecule has 2 heterocycles. The first-order valence-corrected chi connectivity index (χ1v) is 6.99. The van der Waals surface area contributed by atoms with Gasteiger partial charge in [0.1, 0.15) is 17.3 Å². The SMILES string of the molecule is Cc1c(Cl)nc2ncnn2c1NC1CCCC1(C)C. The summed E-state index contributed by atoms with van der Waals surface area (Å²) in [5, 5.41) is 8.32. The minimum Gasteiger partial charge on any atom is -0.366 e. The molecule has 1 saturated carbocycles. The Labute approximate surface area is 117 Å². The van der Waals surface area contributed by atoms with Crippen LogP contribution in [0.2, 0.25) is 5.15 Å². The van der Waals surface area contributed by atoms with E-state index in [4.69, 9.17) is 11.6 Å². The van der Waals surface area contributed by atoms with Gasteiger partial charge in [-0.2, -0.15) is 19.6 Å². The summed E-state index contributed by atoms with van der Waals surface area (Å²) < 4.78 is 1.73. The number of aromatic nitrogens is 4. The molecule has 1 aliphatic rings. The van der Waals surface area contributed by atoms with Gasteiger partial charge in [0, 0.05) is 11.6 Å². The third-order valence-corrected chi connectivity index (χ3v) is 4.54. The van der Waals surface area contributed by atoms with Crippen molar-refractivity contribution in [2.24, 2.45) is 5.41 Å². The molecule has 1 fully saturated rings. The summed E-state index contributed by atoms with van der Waals surface area (Å²) >= 11 is 6.17. The Balaban J connectivity index is 2.05. The zero-order valence-corrected chi connectivity index (χ0v) is 12.2. The molecule has 1 atom stereocenters. The van der Waals surface area contributed by atoms with Gasteiger partial charge >= 0.3 is 0 Å². The fraction of sp³-hybridized carbons (Fsp3) is 0.615. The maximum Gasteiger partial charge on any atom is 0.255 e. The largest absolute Gasteiger partial charge is 0.366 e. The smallest absolute Gasteiger partial charge is 0.255 e. The molecule has 0 spiro atoms. The predicted octanol–water partition coefficient (Wildman–Crippen LogP) is 3.08. The van der Waals surface area contributed by atoms with Crippen LogP contribution >= 0.6 is 11.6 Å². The van der Waals surface area contributed by atoms with Crippen molar-refractivity contribution in [1.29, 1.82) is 0 Å². The highest BCUT2D eigenvalue weighted by Crippen LogP contribution is 2.39. The number of rotatable bonds is 2. The fourth-order valence-electron chi connectivity index (χ4n) is 2.83. The highest BCUT2D eigenvalue weighted by molar-refractivity contribution is 6.30. The summed E-state index contributed by atoms with van der Waals surface area (Å²) in [6.07, 6.45) is 5.16. The average molecular weight is 280 g/mol. The molecule has 0 bridgehead atoms. The average Bonchev–Trinajstić information content (AvgIpc) is 2.91. The van der Waals surface area contributed by atoms with Gasteiger partial charge < -0.3 is 5.32 Å². The Kier molecular flexibility index (Phi) is 2.89. The van der Waals surface area contributed by atoms with Crippen molar-refractivity contribution in [3.8, 4) is 0 Å². The molecule has 2 aromatic rings. The second-order valence-corrected chi connectivity index (χ2v) is 6.28. The minimum atomic E-state index is 0.287. The monoisotopic (exact) mass is 279 g/mol. The number of hydrogen-bond acceptors (Lipinski definition) is 4. The van der Waals surface area contributed by atoms with Gasteiger partial charge in [-0.3, -0.25) is 0 Å². The molecular weight excluding hydrogens is 262 g/mol. The maximum atomic E-state index is 6.17. The van der Waals surface area contributed by atoms with Gasteiger partial charge in [0.05, 0.1) is 0 Å². The van der Waals surface area contributed by atoms with Gasteiger partial charge in [0.15, 0.2) is 0 Å². The van der Waals surface area contributed by atoms with Crippen LogP contribution in [0.15, 0.2) is 6.33 Å². The second kappa shape index (κ2) is 4.34. The zero-order valence-electron chi connectivity index (χ0n) is 11.4. The van der Waals surface area contributed by atoms with Crippen LogP contribution < -0.4 is 5.32 Å². The Bertz CT molecular complexity index is 619. The lowest BCUT2D eigenvalue weighted by Crippen LogP contribution is -2.32. The quantitative estimate of drug-likeness (QED) is 0.859. The molecule has 19 heavy (non-hydrogen) atoms. The van der Waals surface area contributed by atoms with Gasteiger partial charge in [-0.1, -0.05) is 31.9 Å². The van der Waals surface area contributed by atoms with E-state index in [2.05, 4.69) is 34.2 Å². The molecule has 1 N–H and O–H groups in total. The molecule has 0 radical (unpaired) electrons. The van der Waals surface area contributed by atoms with E-state index >= 15 is 0 Å². The highest BCUT2D eigenvalue weighted by Gasteiger charge is 2.35. The number of anilines is 1. The van der Waals surface area contributed by atoms with Crippen LogP contribution in [0.3, 0.4) is 0 Å². The van der Waals surface area contributed by atoms with Crippen molar-refractivity contribution < 1.29 is 0 Å². The highest BCUT2D eigenvalue weighted by atomic mass is 35.5. The first-order valence-electron chi connectivity index (χ1n) is 6.61. The first kappa shape index (κ1) is 12.7. The summed E-state index contributed by atoms with van der Waals surface area (Å²) in [7, 11) is 0. The summed E-state index contributed by atoms with van der Waals surface area (Å²) in [4.78, 5) is 8.33. The maximum absolute atomic E-state index is 6.17. The lowest BCUT2D eigenvalue weighted by molar-refractivity contribution is 0.349. The van der Waals surface area contributed by atoms with Crippen LogP contribution in [0.25, 0.3) is 5.78 Å². The third kappa shape index (κ3) is 2.06. The topological polar surface area (TPSA) is 55.1 Å². The van der Waals surface area contributed by atoms with Crippen LogP contribution in [-0.4, -0.2) is 25.6 Å². The van der Waals surface area contributed by atoms with Crippen LogP contribution in [-0.2, 0) is 0 Å². The normalized spacial score (nSPS) is 22.0. The standard InChI is InChI=1S/C13H18ClN5/c1-8-10(14)18-12-15-7-16-19(12)11(8)17-9-5-4-6-13(9,2)3/h7,9,17H,4-6H2,1-3H3. The molecule has 5 nitrogen and oxygen atoms in total. The summed E-state index contributed by atoms with van der Waals surface area (Å²) in [6, 6.07) is 0.428. The van der Waals surface area contributed by atoms with E-state index in [-0.39, 0.29) is 5.41 Å². The van der Waals surface area contributed by atoms with E-state index in [1.54, 1.807) is 4.52 Å². The third-order valence-electron chi connectivity index (χ3n) is 4.17. The van der Waals surface area contributed by atoms with E-state index in [9.17, 15) is 0 Å². The molecule has 6 heteroatoms. The van der Waals surface area contributed by atoms with Gasteiger partial charge in [-0.05, 0) is 25.2 Å². The summed E-state index contributed by atoms with van der Waals surface area (Å²) in [5.41, 5.74) is 1.21.